The summed E-state index contributed by atoms with van der Waals surface area (Å²) in [4.78, 5) is 20.9. The molecule has 6 nitrogen and oxygen atoms in total. The van der Waals surface area contributed by atoms with Gasteiger partial charge in [-0.05, 0) is 57.0 Å². The second-order valence-electron chi connectivity index (χ2n) is 8.20. The summed E-state index contributed by atoms with van der Waals surface area (Å²) in [5.74, 6) is 2.33. The molecule has 1 saturated carbocycles. The van der Waals surface area contributed by atoms with Gasteiger partial charge in [-0.25, -0.2) is 4.98 Å². The monoisotopic (exact) mass is 471 g/mol. The Bertz CT molecular complexity index is 1140. The number of thioether (sulfide) groups is 1. The van der Waals surface area contributed by atoms with Crippen molar-refractivity contribution in [3.8, 4) is 0 Å². The second-order valence-corrected chi connectivity index (χ2v) is 10.7. The number of carbonyl (C=O) groups excluding carboxylic acids is 1. The molecule has 2 fully saturated rings. The highest BCUT2D eigenvalue weighted by molar-refractivity contribution is 7.98. The Balaban J connectivity index is 1.25. The number of aromatic nitrogens is 4. The molecule has 1 amide bonds. The van der Waals surface area contributed by atoms with Gasteiger partial charge in [0.25, 0.3) is 5.91 Å². The van der Waals surface area contributed by atoms with Gasteiger partial charge in [0.05, 0.1) is 16.3 Å². The van der Waals surface area contributed by atoms with Gasteiger partial charge in [-0.1, -0.05) is 12.1 Å². The van der Waals surface area contributed by atoms with E-state index >= 15 is 0 Å². The summed E-state index contributed by atoms with van der Waals surface area (Å²) >= 11 is 8.79. The van der Waals surface area contributed by atoms with Gasteiger partial charge >= 0.3 is 0 Å². The lowest BCUT2D eigenvalue weighted by atomic mass is 9.95. The average Bonchev–Trinajstić information content (AvgIpc) is 3.43. The van der Waals surface area contributed by atoms with Crippen LogP contribution in [0.3, 0.4) is 0 Å². The third kappa shape index (κ3) is 4.49. The maximum absolute atomic E-state index is 13.3. The van der Waals surface area contributed by atoms with E-state index in [2.05, 4.69) is 25.1 Å². The highest BCUT2D eigenvalue weighted by Crippen LogP contribution is 2.39. The lowest BCUT2D eigenvalue weighted by Crippen LogP contribution is -2.38. The topological polar surface area (TPSA) is 66.8 Å². The molecule has 9 heteroatoms. The van der Waals surface area contributed by atoms with Crippen molar-refractivity contribution in [2.24, 2.45) is 0 Å². The maximum atomic E-state index is 13.3. The Morgan fingerprint density at radius 3 is 2.74 bits per heavy atom. The number of aromatic amines is 1. The largest absolute Gasteiger partial charge is 0.339 e. The first-order valence-corrected chi connectivity index (χ1v) is 13.0. The number of likely N-dealkylation sites (tertiary alicyclic amines) is 1. The van der Waals surface area contributed by atoms with E-state index in [-0.39, 0.29) is 5.91 Å². The van der Waals surface area contributed by atoms with Gasteiger partial charge in [-0.2, -0.15) is 5.10 Å². The summed E-state index contributed by atoms with van der Waals surface area (Å²) in [6, 6.07) is 8.45. The quantitative estimate of drug-likeness (QED) is 0.388. The smallest absolute Gasteiger partial charge is 0.254 e. The minimum atomic E-state index is 0.122. The molecule has 1 aliphatic carbocycles. The number of aryl methyl sites for hydroxylation is 1. The molecule has 2 aliphatic rings. The van der Waals surface area contributed by atoms with Crippen molar-refractivity contribution in [2.45, 2.75) is 55.2 Å². The molecule has 3 aromatic rings. The van der Waals surface area contributed by atoms with Gasteiger partial charge < -0.3 is 9.47 Å². The van der Waals surface area contributed by atoms with Crippen LogP contribution in [-0.2, 0) is 5.75 Å². The van der Waals surface area contributed by atoms with E-state index in [1.54, 1.807) is 23.1 Å². The fourth-order valence-corrected chi connectivity index (χ4v) is 6.14. The van der Waals surface area contributed by atoms with Crippen LogP contribution in [0.5, 0.6) is 0 Å². The van der Waals surface area contributed by atoms with E-state index in [0.717, 1.165) is 63.4 Å². The number of benzene rings is 1. The minimum absolute atomic E-state index is 0.122. The van der Waals surface area contributed by atoms with Crippen molar-refractivity contribution in [1.82, 2.24) is 24.6 Å². The van der Waals surface area contributed by atoms with Crippen molar-refractivity contribution >= 4 is 41.2 Å². The molecule has 31 heavy (non-hydrogen) atoms. The molecule has 0 bridgehead atoms. The molecule has 3 heterocycles. The summed E-state index contributed by atoms with van der Waals surface area (Å²) in [6.45, 7) is 3.51. The Morgan fingerprint density at radius 2 is 2.03 bits per heavy atom. The highest BCUT2D eigenvalue weighted by Gasteiger charge is 2.33. The summed E-state index contributed by atoms with van der Waals surface area (Å²) < 4.78 is 2.95. The molecule has 1 N–H and O–H groups in total. The van der Waals surface area contributed by atoms with Gasteiger partial charge in [0, 0.05) is 41.1 Å². The fraction of sp³-hybridized carbons (Fsp3) is 0.455. The number of nitrogens with zero attached hydrogens (tertiary/aromatic N) is 4. The molecule has 1 aromatic carbocycles. The van der Waals surface area contributed by atoms with Crippen molar-refractivity contribution in [3.63, 3.8) is 0 Å². The Labute approximate surface area is 195 Å². The first-order chi connectivity index (χ1) is 15.1. The van der Waals surface area contributed by atoms with Crippen molar-refractivity contribution < 1.29 is 4.79 Å². The molecule has 162 valence electrons. The fourth-order valence-electron chi connectivity index (χ4n) is 4.20. The summed E-state index contributed by atoms with van der Waals surface area (Å²) in [6.07, 6.45) is 4.22. The molecule has 0 radical (unpaired) electrons. The van der Waals surface area contributed by atoms with Crippen LogP contribution < -0.4 is 0 Å². The number of hydrogen-bond acceptors (Lipinski definition) is 6. The molecule has 0 atom stereocenters. The predicted molar refractivity (Wildman–Crippen MR) is 126 cm³/mol. The van der Waals surface area contributed by atoms with Crippen LogP contribution in [0.1, 0.15) is 64.5 Å². The average molecular weight is 472 g/mol. The first-order valence-electron chi connectivity index (χ1n) is 10.7. The zero-order valence-electron chi connectivity index (χ0n) is 17.4. The van der Waals surface area contributed by atoms with Gasteiger partial charge in [0.15, 0.2) is 4.77 Å². The van der Waals surface area contributed by atoms with Gasteiger partial charge in [0.2, 0.25) is 0 Å². The molecular formula is C22H25N5OS3. The standard InChI is InChI=1S/C22H25N5OS3/c1-14-23-16(12-30-14)13-31-19-5-3-2-4-18(19)21(28)26-10-8-15(9-11-26)20-24-25-22(29)27(20)17-6-7-17/h2-5,12,15,17H,6-11,13H2,1H3,(H,25,29). The van der Waals surface area contributed by atoms with Crippen molar-refractivity contribution in [2.75, 3.05) is 13.1 Å². The van der Waals surface area contributed by atoms with E-state index in [1.807, 2.05) is 36.1 Å². The van der Waals surface area contributed by atoms with Crippen LogP contribution in [0.4, 0.5) is 0 Å². The van der Waals surface area contributed by atoms with Gasteiger partial charge in [-0.15, -0.1) is 23.1 Å². The summed E-state index contributed by atoms with van der Waals surface area (Å²) in [5.41, 5.74) is 1.86. The summed E-state index contributed by atoms with van der Waals surface area (Å²) in [7, 11) is 0. The third-order valence-corrected chi connectivity index (χ3v) is 8.17. The van der Waals surface area contributed by atoms with Crippen molar-refractivity contribution in [3.05, 3.63) is 56.5 Å². The highest BCUT2D eigenvalue weighted by atomic mass is 32.2. The first kappa shape index (κ1) is 20.9. The zero-order chi connectivity index (χ0) is 21.4. The zero-order valence-corrected chi connectivity index (χ0v) is 19.9. The molecular weight excluding hydrogens is 446 g/mol. The SMILES string of the molecule is Cc1nc(CSc2ccccc2C(=O)N2CCC(c3n[nH]c(=S)n3C3CC3)CC2)cs1. The minimum Gasteiger partial charge on any atom is -0.339 e. The van der Waals surface area contributed by atoms with E-state index in [4.69, 9.17) is 12.2 Å². The molecule has 5 rings (SSSR count). The molecule has 2 aromatic heterocycles. The summed E-state index contributed by atoms with van der Waals surface area (Å²) in [5, 5.41) is 10.7. The molecule has 0 spiro atoms. The van der Waals surface area contributed by atoms with Gasteiger partial charge in [0.1, 0.15) is 5.82 Å². The van der Waals surface area contributed by atoms with Crippen LogP contribution in [-0.4, -0.2) is 43.6 Å². The van der Waals surface area contributed by atoms with Gasteiger partial charge in [-0.3, -0.25) is 9.89 Å². The van der Waals surface area contributed by atoms with Crippen LogP contribution in [0, 0.1) is 11.7 Å². The van der Waals surface area contributed by atoms with E-state index < -0.39 is 0 Å². The number of piperidine rings is 1. The van der Waals surface area contributed by atoms with E-state index in [0.29, 0.717) is 12.0 Å². The predicted octanol–water partition coefficient (Wildman–Crippen LogP) is 5.35. The maximum Gasteiger partial charge on any atom is 0.254 e. The second kappa shape index (κ2) is 8.88. The van der Waals surface area contributed by atoms with Crippen LogP contribution >= 0.6 is 35.3 Å². The number of nitrogens with one attached hydrogen (secondary N) is 1. The third-order valence-electron chi connectivity index (χ3n) is 5.95. The van der Waals surface area contributed by atoms with E-state index in [9.17, 15) is 4.79 Å². The molecule has 1 saturated heterocycles. The lowest BCUT2D eigenvalue weighted by molar-refractivity contribution is 0.0706. The Hall–Kier alpha value is -1.97. The Kier molecular flexibility index (Phi) is 5.99. The number of thiazole rings is 1. The van der Waals surface area contributed by atoms with Crippen molar-refractivity contribution in [1.29, 1.82) is 0 Å². The number of hydrogen-bond donors (Lipinski definition) is 1. The molecule has 1 aliphatic heterocycles. The number of rotatable bonds is 6. The number of amides is 1. The van der Waals surface area contributed by atoms with E-state index in [1.165, 1.54) is 12.8 Å². The number of H-pyrrole nitrogens is 1. The van der Waals surface area contributed by atoms with Crippen LogP contribution in [0.2, 0.25) is 0 Å². The number of carbonyl (C=O) groups is 1. The van der Waals surface area contributed by atoms with Crippen LogP contribution in [0.25, 0.3) is 0 Å². The normalized spacial score (nSPS) is 17.3. The van der Waals surface area contributed by atoms with Crippen LogP contribution in [0.15, 0.2) is 34.5 Å². The molecule has 0 unspecified atom stereocenters. The Morgan fingerprint density at radius 1 is 1.26 bits per heavy atom. The lowest BCUT2D eigenvalue weighted by Gasteiger charge is -2.32.